The molecule has 2 aromatic carbocycles. The molecule has 3 heteroatoms. The smallest absolute Gasteiger partial charge is 0.126 e. The lowest BCUT2D eigenvalue weighted by Crippen LogP contribution is -2.12. The molecule has 2 nitrogen and oxygen atoms in total. The second kappa shape index (κ2) is 6.09. The van der Waals surface area contributed by atoms with Crippen molar-refractivity contribution in [1.82, 2.24) is 5.32 Å². The minimum Gasteiger partial charge on any atom is -0.496 e. The third kappa shape index (κ3) is 3.09. The molecule has 19 heavy (non-hydrogen) atoms. The largest absolute Gasteiger partial charge is 0.496 e. The highest BCUT2D eigenvalue weighted by Crippen LogP contribution is 2.33. The van der Waals surface area contributed by atoms with Crippen LogP contribution in [-0.2, 0) is 0 Å². The number of hydrogen-bond donors (Lipinski definition) is 1. The van der Waals surface area contributed by atoms with Gasteiger partial charge in [-0.05, 0) is 49.4 Å². The monoisotopic (exact) mass is 275 g/mol. The van der Waals surface area contributed by atoms with Gasteiger partial charge in [-0.15, -0.1) is 0 Å². The molecule has 0 saturated heterocycles. The summed E-state index contributed by atoms with van der Waals surface area (Å²) in [5.41, 5.74) is 3.34. The lowest BCUT2D eigenvalue weighted by atomic mass is 9.99. The van der Waals surface area contributed by atoms with E-state index in [4.69, 9.17) is 16.3 Å². The van der Waals surface area contributed by atoms with E-state index in [1.54, 1.807) is 7.11 Å². The predicted octanol–water partition coefficient (Wildman–Crippen LogP) is 4.30. The molecule has 100 valence electrons. The second-order valence-electron chi connectivity index (χ2n) is 4.48. The Bertz CT molecular complexity index is 568. The normalized spacial score (nSPS) is 12.2. The van der Waals surface area contributed by atoms with Crippen molar-refractivity contribution in [1.29, 1.82) is 0 Å². The van der Waals surface area contributed by atoms with Gasteiger partial charge in [0.2, 0.25) is 0 Å². The molecule has 0 aliphatic heterocycles. The van der Waals surface area contributed by atoms with Crippen molar-refractivity contribution < 1.29 is 4.74 Å². The van der Waals surface area contributed by atoms with E-state index >= 15 is 0 Å². The molecule has 1 unspecified atom stereocenters. The highest BCUT2D eigenvalue weighted by molar-refractivity contribution is 6.30. The molecule has 2 aromatic rings. The molecule has 0 spiro atoms. The Morgan fingerprint density at radius 3 is 2.58 bits per heavy atom. The maximum absolute atomic E-state index is 6.07. The topological polar surface area (TPSA) is 21.3 Å². The molecule has 0 aliphatic rings. The van der Waals surface area contributed by atoms with Gasteiger partial charge in [0.05, 0.1) is 7.11 Å². The van der Waals surface area contributed by atoms with E-state index in [0.29, 0.717) is 6.04 Å². The van der Waals surface area contributed by atoms with Crippen molar-refractivity contribution in [2.24, 2.45) is 0 Å². The molecule has 0 aliphatic carbocycles. The zero-order chi connectivity index (χ0) is 13.8. The summed E-state index contributed by atoms with van der Waals surface area (Å²) in [4.78, 5) is 0. The number of rotatable bonds is 4. The van der Waals surface area contributed by atoms with Crippen LogP contribution in [0, 0.1) is 0 Å². The number of hydrogen-bond acceptors (Lipinski definition) is 2. The van der Waals surface area contributed by atoms with Crippen molar-refractivity contribution in [3.05, 3.63) is 53.1 Å². The summed E-state index contributed by atoms with van der Waals surface area (Å²) in [5.74, 6) is 0.856. The summed E-state index contributed by atoms with van der Waals surface area (Å²) in [7, 11) is 3.64. The Hall–Kier alpha value is -1.51. The maximum Gasteiger partial charge on any atom is 0.126 e. The highest BCUT2D eigenvalue weighted by atomic mass is 35.5. The fourth-order valence-electron chi connectivity index (χ4n) is 2.04. The molecule has 1 N–H and O–H groups in total. The Kier molecular flexibility index (Phi) is 4.46. The average molecular weight is 276 g/mol. The molecular weight excluding hydrogens is 258 g/mol. The fraction of sp³-hybridized carbons (Fsp3) is 0.250. The number of methoxy groups -OCH3 is 1. The molecule has 0 bridgehead atoms. The fourth-order valence-corrected chi connectivity index (χ4v) is 2.23. The standard InChI is InChI=1S/C16H18ClNO/c1-11(18-2)12-7-8-16(19-3)15(10-12)13-5-4-6-14(17)9-13/h4-11,18H,1-3H3. The molecule has 1 atom stereocenters. The number of nitrogens with one attached hydrogen (secondary N) is 1. The van der Waals surface area contributed by atoms with E-state index in [1.807, 2.05) is 37.4 Å². The van der Waals surface area contributed by atoms with Gasteiger partial charge in [-0.25, -0.2) is 0 Å². The quantitative estimate of drug-likeness (QED) is 0.898. The van der Waals surface area contributed by atoms with Crippen LogP contribution in [0.2, 0.25) is 5.02 Å². The van der Waals surface area contributed by atoms with E-state index in [1.165, 1.54) is 5.56 Å². The van der Waals surface area contributed by atoms with Gasteiger partial charge in [-0.3, -0.25) is 0 Å². The molecule has 0 amide bonds. The molecular formula is C16H18ClNO. The van der Waals surface area contributed by atoms with Crippen LogP contribution in [0.5, 0.6) is 5.75 Å². The van der Waals surface area contributed by atoms with Crippen molar-refractivity contribution in [3.8, 4) is 16.9 Å². The van der Waals surface area contributed by atoms with Gasteiger partial charge < -0.3 is 10.1 Å². The van der Waals surface area contributed by atoms with Crippen LogP contribution in [0.1, 0.15) is 18.5 Å². The Morgan fingerprint density at radius 2 is 1.95 bits per heavy atom. The average Bonchev–Trinajstić information content (AvgIpc) is 2.45. The summed E-state index contributed by atoms with van der Waals surface area (Å²) in [6.45, 7) is 2.13. The Morgan fingerprint density at radius 1 is 1.16 bits per heavy atom. The first kappa shape index (κ1) is 13.9. The van der Waals surface area contributed by atoms with E-state index in [-0.39, 0.29) is 0 Å². The lowest BCUT2D eigenvalue weighted by Gasteiger charge is -2.15. The number of halogens is 1. The van der Waals surface area contributed by atoms with E-state index in [0.717, 1.165) is 21.9 Å². The van der Waals surface area contributed by atoms with E-state index in [2.05, 4.69) is 24.4 Å². The van der Waals surface area contributed by atoms with Gasteiger partial charge in [0, 0.05) is 16.6 Å². The summed E-state index contributed by atoms with van der Waals surface area (Å²) in [5, 5.41) is 3.97. The van der Waals surface area contributed by atoms with Crippen LogP contribution in [0.4, 0.5) is 0 Å². The van der Waals surface area contributed by atoms with Crippen LogP contribution in [0.25, 0.3) is 11.1 Å². The van der Waals surface area contributed by atoms with Crippen LogP contribution < -0.4 is 10.1 Å². The summed E-state index contributed by atoms with van der Waals surface area (Å²) in [6, 6.07) is 14.3. The third-order valence-corrected chi connectivity index (χ3v) is 3.53. The van der Waals surface area contributed by atoms with Gasteiger partial charge in [0.1, 0.15) is 5.75 Å². The number of benzene rings is 2. The van der Waals surface area contributed by atoms with Crippen molar-refractivity contribution in [2.45, 2.75) is 13.0 Å². The maximum atomic E-state index is 6.07. The number of ether oxygens (including phenoxy) is 1. The Labute approximate surface area is 119 Å². The summed E-state index contributed by atoms with van der Waals surface area (Å²) >= 11 is 6.07. The van der Waals surface area contributed by atoms with Crippen LogP contribution in [0.3, 0.4) is 0 Å². The van der Waals surface area contributed by atoms with Crippen LogP contribution >= 0.6 is 11.6 Å². The minimum atomic E-state index is 0.295. The van der Waals surface area contributed by atoms with Crippen molar-refractivity contribution in [3.63, 3.8) is 0 Å². The SMILES string of the molecule is CNC(C)c1ccc(OC)c(-c2cccc(Cl)c2)c1. The van der Waals surface area contributed by atoms with Crippen LogP contribution in [-0.4, -0.2) is 14.2 Å². The van der Waals surface area contributed by atoms with Crippen molar-refractivity contribution >= 4 is 11.6 Å². The first-order valence-corrected chi connectivity index (χ1v) is 6.64. The molecule has 0 radical (unpaired) electrons. The van der Waals surface area contributed by atoms with Gasteiger partial charge >= 0.3 is 0 Å². The molecule has 0 aromatic heterocycles. The zero-order valence-electron chi connectivity index (χ0n) is 11.4. The zero-order valence-corrected chi connectivity index (χ0v) is 12.2. The third-order valence-electron chi connectivity index (χ3n) is 3.29. The summed E-state index contributed by atoms with van der Waals surface area (Å²) in [6.07, 6.45) is 0. The van der Waals surface area contributed by atoms with E-state index < -0.39 is 0 Å². The summed E-state index contributed by atoms with van der Waals surface area (Å²) < 4.78 is 5.44. The van der Waals surface area contributed by atoms with Crippen molar-refractivity contribution in [2.75, 3.05) is 14.2 Å². The molecule has 0 saturated carbocycles. The Balaban J connectivity index is 2.53. The minimum absolute atomic E-state index is 0.295. The lowest BCUT2D eigenvalue weighted by molar-refractivity contribution is 0.416. The van der Waals surface area contributed by atoms with Gasteiger partial charge in [0.15, 0.2) is 0 Å². The molecule has 0 fully saturated rings. The van der Waals surface area contributed by atoms with Gasteiger partial charge in [-0.2, -0.15) is 0 Å². The predicted molar refractivity (Wildman–Crippen MR) is 80.9 cm³/mol. The van der Waals surface area contributed by atoms with E-state index in [9.17, 15) is 0 Å². The molecule has 2 rings (SSSR count). The van der Waals surface area contributed by atoms with Crippen LogP contribution in [0.15, 0.2) is 42.5 Å². The first-order chi connectivity index (χ1) is 9.15. The first-order valence-electron chi connectivity index (χ1n) is 6.27. The van der Waals surface area contributed by atoms with Gasteiger partial charge in [0.25, 0.3) is 0 Å². The molecule has 0 heterocycles. The highest BCUT2D eigenvalue weighted by Gasteiger charge is 2.10. The van der Waals surface area contributed by atoms with Gasteiger partial charge in [-0.1, -0.05) is 29.8 Å². The second-order valence-corrected chi connectivity index (χ2v) is 4.92.